The fourth-order valence-electron chi connectivity index (χ4n) is 1.95. The number of carboxylic acids is 1. The van der Waals surface area contributed by atoms with Gasteiger partial charge >= 0.3 is 5.97 Å². The third kappa shape index (κ3) is 3.56. The van der Waals surface area contributed by atoms with Gasteiger partial charge in [-0.15, -0.1) is 0 Å². The molecule has 0 bridgehead atoms. The quantitative estimate of drug-likeness (QED) is 0.650. The highest BCUT2D eigenvalue weighted by Gasteiger charge is 2.07. The third-order valence-electron chi connectivity index (χ3n) is 3.10. The molecule has 0 fully saturated rings. The summed E-state index contributed by atoms with van der Waals surface area (Å²) in [5.41, 5.74) is 2.71. The van der Waals surface area contributed by atoms with Crippen LogP contribution in [0.25, 0.3) is 0 Å². The number of aryl methyl sites for hydroxylation is 1. The van der Waals surface area contributed by atoms with E-state index < -0.39 is 10.9 Å². The molecule has 0 atom stereocenters. The molecule has 0 saturated heterocycles. The number of nitro benzene ring substituents is 1. The Morgan fingerprint density at radius 3 is 2.43 bits per heavy atom. The van der Waals surface area contributed by atoms with Gasteiger partial charge in [-0.2, -0.15) is 0 Å². The zero-order valence-corrected chi connectivity index (χ0v) is 11.4. The second-order valence-electron chi connectivity index (χ2n) is 4.61. The number of hydrogen-bond donors (Lipinski definition) is 2. The zero-order chi connectivity index (χ0) is 15.4. The molecule has 6 heteroatoms. The average Bonchev–Trinajstić information content (AvgIpc) is 2.45. The summed E-state index contributed by atoms with van der Waals surface area (Å²) >= 11 is 0. The molecule has 0 spiro atoms. The molecule has 0 amide bonds. The largest absolute Gasteiger partial charge is 0.478 e. The second kappa shape index (κ2) is 6.04. The van der Waals surface area contributed by atoms with E-state index in [1.165, 1.54) is 12.1 Å². The number of aromatic carboxylic acids is 1. The Kier molecular flexibility index (Phi) is 4.18. The van der Waals surface area contributed by atoms with Crippen LogP contribution in [0.1, 0.15) is 21.5 Å². The van der Waals surface area contributed by atoms with Gasteiger partial charge in [-0.1, -0.05) is 12.1 Å². The monoisotopic (exact) mass is 286 g/mol. The van der Waals surface area contributed by atoms with Gasteiger partial charge < -0.3 is 10.4 Å². The van der Waals surface area contributed by atoms with Crippen LogP contribution < -0.4 is 5.32 Å². The Morgan fingerprint density at radius 1 is 1.24 bits per heavy atom. The van der Waals surface area contributed by atoms with Gasteiger partial charge in [-0.3, -0.25) is 10.1 Å². The summed E-state index contributed by atoms with van der Waals surface area (Å²) < 4.78 is 0. The highest BCUT2D eigenvalue weighted by Crippen LogP contribution is 2.17. The van der Waals surface area contributed by atoms with Crippen molar-refractivity contribution in [3.63, 3.8) is 0 Å². The molecule has 2 aromatic carbocycles. The molecule has 21 heavy (non-hydrogen) atoms. The molecular weight excluding hydrogens is 272 g/mol. The van der Waals surface area contributed by atoms with E-state index in [0.717, 1.165) is 11.3 Å². The number of rotatable bonds is 5. The van der Waals surface area contributed by atoms with E-state index >= 15 is 0 Å². The maximum atomic E-state index is 10.9. The Labute approximate surface area is 121 Å². The van der Waals surface area contributed by atoms with E-state index in [9.17, 15) is 14.9 Å². The fourth-order valence-corrected chi connectivity index (χ4v) is 1.95. The maximum absolute atomic E-state index is 10.9. The maximum Gasteiger partial charge on any atom is 0.335 e. The molecule has 6 nitrogen and oxygen atoms in total. The van der Waals surface area contributed by atoms with E-state index in [1.54, 1.807) is 37.3 Å². The van der Waals surface area contributed by atoms with E-state index in [2.05, 4.69) is 5.32 Å². The minimum atomic E-state index is -0.950. The van der Waals surface area contributed by atoms with Gasteiger partial charge in [0.2, 0.25) is 0 Å². The van der Waals surface area contributed by atoms with E-state index in [-0.39, 0.29) is 11.3 Å². The smallest absolute Gasteiger partial charge is 0.335 e. The molecule has 0 saturated carbocycles. The van der Waals surface area contributed by atoms with Crippen molar-refractivity contribution in [2.45, 2.75) is 13.5 Å². The SMILES string of the molecule is Cc1cc(NCc2ccc([N+](=O)[O-])cc2)ccc1C(=O)O. The minimum Gasteiger partial charge on any atom is -0.478 e. The molecule has 0 heterocycles. The van der Waals surface area contributed by atoms with Crippen LogP contribution in [0.2, 0.25) is 0 Å². The first kappa shape index (κ1) is 14.5. The van der Waals surface area contributed by atoms with E-state index in [0.29, 0.717) is 12.1 Å². The molecule has 2 rings (SSSR count). The summed E-state index contributed by atoms with van der Waals surface area (Å²) in [4.78, 5) is 21.0. The summed E-state index contributed by atoms with van der Waals surface area (Å²) in [6.45, 7) is 2.24. The van der Waals surface area contributed by atoms with Gasteiger partial charge in [0.1, 0.15) is 0 Å². The number of nitrogens with zero attached hydrogens (tertiary/aromatic N) is 1. The predicted molar refractivity (Wildman–Crippen MR) is 78.6 cm³/mol. The van der Waals surface area contributed by atoms with E-state index in [1.807, 2.05) is 0 Å². The van der Waals surface area contributed by atoms with E-state index in [4.69, 9.17) is 5.11 Å². The summed E-state index contributed by atoms with van der Waals surface area (Å²) in [6, 6.07) is 11.3. The molecule has 0 aliphatic rings. The summed E-state index contributed by atoms with van der Waals surface area (Å²) in [6.07, 6.45) is 0. The van der Waals surface area contributed by atoms with Crippen LogP contribution >= 0.6 is 0 Å². The molecule has 0 aliphatic carbocycles. The van der Waals surface area contributed by atoms with Crippen molar-refractivity contribution in [3.05, 3.63) is 69.3 Å². The number of carbonyl (C=O) groups is 1. The molecule has 0 unspecified atom stereocenters. The first-order valence-corrected chi connectivity index (χ1v) is 6.28. The zero-order valence-electron chi connectivity index (χ0n) is 11.4. The van der Waals surface area contributed by atoms with Crippen LogP contribution in [-0.2, 0) is 6.54 Å². The predicted octanol–water partition coefficient (Wildman–Crippen LogP) is 3.21. The Balaban J connectivity index is 2.04. The van der Waals surface area contributed by atoms with Crippen LogP contribution in [0.5, 0.6) is 0 Å². The van der Waals surface area contributed by atoms with Crippen molar-refractivity contribution in [2.75, 3.05) is 5.32 Å². The highest BCUT2D eigenvalue weighted by atomic mass is 16.6. The summed E-state index contributed by atoms with van der Waals surface area (Å²) in [5, 5.41) is 22.7. The lowest BCUT2D eigenvalue weighted by Crippen LogP contribution is -2.03. The average molecular weight is 286 g/mol. The summed E-state index contributed by atoms with van der Waals surface area (Å²) in [5.74, 6) is -0.950. The molecule has 2 N–H and O–H groups in total. The number of benzene rings is 2. The molecule has 108 valence electrons. The minimum absolute atomic E-state index is 0.0559. The Morgan fingerprint density at radius 2 is 1.90 bits per heavy atom. The number of nitro groups is 1. The number of hydrogen-bond acceptors (Lipinski definition) is 4. The van der Waals surface area contributed by atoms with Gasteiger partial charge in [0.25, 0.3) is 5.69 Å². The lowest BCUT2D eigenvalue weighted by Gasteiger charge is -2.09. The Bertz CT molecular complexity index is 681. The van der Waals surface area contributed by atoms with Crippen LogP contribution in [-0.4, -0.2) is 16.0 Å². The lowest BCUT2D eigenvalue weighted by molar-refractivity contribution is -0.384. The third-order valence-corrected chi connectivity index (χ3v) is 3.10. The van der Waals surface area contributed by atoms with Gasteiger partial charge in [0.05, 0.1) is 10.5 Å². The lowest BCUT2D eigenvalue weighted by atomic mass is 10.1. The molecule has 0 radical (unpaired) electrons. The fraction of sp³-hybridized carbons (Fsp3) is 0.133. The van der Waals surface area contributed by atoms with Crippen molar-refractivity contribution < 1.29 is 14.8 Å². The summed E-state index contributed by atoms with van der Waals surface area (Å²) in [7, 11) is 0. The second-order valence-corrected chi connectivity index (χ2v) is 4.61. The standard InChI is InChI=1S/C15H14N2O4/c1-10-8-12(4-7-14(10)15(18)19)16-9-11-2-5-13(6-3-11)17(20)21/h2-8,16H,9H2,1H3,(H,18,19). The number of nitrogens with one attached hydrogen (secondary N) is 1. The van der Waals surface area contributed by atoms with Gasteiger partial charge in [0, 0.05) is 24.4 Å². The normalized spacial score (nSPS) is 10.1. The van der Waals surface area contributed by atoms with Crippen LogP contribution in [0.15, 0.2) is 42.5 Å². The van der Waals surface area contributed by atoms with Crippen molar-refractivity contribution in [1.82, 2.24) is 0 Å². The van der Waals surface area contributed by atoms with Crippen molar-refractivity contribution in [2.24, 2.45) is 0 Å². The van der Waals surface area contributed by atoms with Crippen molar-refractivity contribution in [1.29, 1.82) is 0 Å². The number of carboxylic acid groups (broad SMARTS) is 1. The van der Waals surface area contributed by atoms with Crippen LogP contribution in [0.3, 0.4) is 0 Å². The van der Waals surface area contributed by atoms with Crippen molar-refractivity contribution >= 4 is 17.3 Å². The van der Waals surface area contributed by atoms with Crippen molar-refractivity contribution in [3.8, 4) is 0 Å². The van der Waals surface area contributed by atoms with Crippen LogP contribution in [0, 0.1) is 17.0 Å². The molecule has 2 aromatic rings. The molecule has 0 aromatic heterocycles. The first-order valence-electron chi connectivity index (χ1n) is 6.28. The highest BCUT2D eigenvalue weighted by molar-refractivity contribution is 5.89. The van der Waals surface area contributed by atoms with Gasteiger partial charge in [0.15, 0.2) is 0 Å². The number of anilines is 1. The molecular formula is C15H14N2O4. The molecule has 0 aliphatic heterocycles. The van der Waals surface area contributed by atoms with Gasteiger partial charge in [-0.05, 0) is 36.2 Å². The first-order chi connectivity index (χ1) is 9.97. The van der Waals surface area contributed by atoms with Crippen LogP contribution in [0.4, 0.5) is 11.4 Å². The van der Waals surface area contributed by atoms with Gasteiger partial charge in [-0.25, -0.2) is 4.79 Å². The Hall–Kier alpha value is -2.89. The number of non-ortho nitro benzene ring substituents is 1. The topological polar surface area (TPSA) is 92.5 Å².